The van der Waals surface area contributed by atoms with Gasteiger partial charge in [0.1, 0.15) is 12.0 Å². The van der Waals surface area contributed by atoms with Gasteiger partial charge in [0.25, 0.3) is 0 Å². The summed E-state index contributed by atoms with van der Waals surface area (Å²) in [7, 11) is 0. The van der Waals surface area contributed by atoms with Crippen LogP contribution in [0.15, 0.2) is 40.9 Å². The fraction of sp³-hybridized carbons (Fsp3) is 0.267. The quantitative estimate of drug-likeness (QED) is 0.383. The molecular weight excluding hydrogens is 300 g/mol. The molecule has 1 aliphatic rings. The Balaban J connectivity index is 1.90. The smallest absolute Gasteiger partial charge is 0.173 e. The van der Waals surface area contributed by atoms with Crippen molar-refractivity contribution in [2.24, 2.45) is 22.0 Å². The Morgan fingerprint density at radius 1 is 1.32 bits per heavy atom. The zero-order valence-corrected chi connectivity index (χ0v) is 12.6. The normalized spacial score (nSPS) is 14.9. The molecule has 7 heteroatoms. The van der Waals surface area contributed by atoms with Crippen LogP contribution in [0, 0.1) is 11.4 Å². The lowest BCUT2D eigenvalue weighted by Crippen LogP contribution is -2.14. The number of nitrogens with zero attached hydrogens (tertiary/aromatic N) is 4. The van der Waals surface area contributed by atoms with E-state index in [0.717, 1.165) is 22.9 Å². The standard InChI is InChI=1S/C15H15ClN6/c16-12-6-11(4-3-10(12)5-9-1-2-9)13-7-14(20-8-19-13)15(17)21-22-18/h3-4,6-9H,1-2,5H2,(H3,17,18,21). The Kier molecular flexibility index (Phi) is 4.11. The summed E-state index contributed by atoms with van der Waals surface area (Å²) in [5.41, 5.74) is 15.6. The zero-order valence-electron chi connectivity index (χ0n) is 11.8. The summed E-state index contributed by atoms with van der Waals surface area (Å²) in [6, 6.07) is 7.66. The molecule has 1 saturated carbocycles. The number of halogens is 1. The number of amidine groups is 1. The van der Waals surface area contributed by atoms with Crippen LogP contribution in [0.5, 0.6) is 0 Å². The van der Waals surface area contributed by atoms with Crippen molar-refractivity contribution in [2.45, 2.75) is 19.3 Å². The summed E-state index contributed by atoms with van der Waals surface area (Å²) in [6.45, 7) is 0. The number of nitrogens with one attached hydrogen (secondary N) is 1. The van der Waals surface area contributed by atoms with Crippen LogP contribution < -0.4 is 5.73 Å². The first-order valence-corrected chi connectivity index (χ1v) is 7.36. The van der Waals surface area contributed by atoms with Crippen molar-refractivity contribution in [1.82, 2.24) is 9.97 Å². The number of nitrogens with two attached hydrogens (primary N) is 1. The first-order valence-electron chi connectivity index (χ1n) is 6.98. The van der Waals surface area contributed by atoms with Crippen LogP contribution in [0.3, 0.4) is 0 Å². The maximum atomic E-state index is 6.71. The van der Waals surface area contributed by atoms with Gasteiger partial charge in [-0.05, 0) is 42.9 Å². The van der Waals surface area contributed by atoms with E-state index >= 15 is 0 Å². The second kappa shape index (κ2) is 6.19. The van der Waals surface area contributed by atoms with E-state index in [2.05, 4.69) is 20.3 Å². The zero-order chi connectivity index (χ0) is 15.5. The molecule has 0 spiro atoms. The Labute approximate surface area is 132 Å². The maximum absolute atomic E-state index is 6.71. The minimum Gasteiger partial charge on any atom is -0.380 e. The maximum Gasteiger partial charge on any atom is 0.173 e. The average Bonchev–Trinajstić information content (AvgIpc) is 3.34. The summed E-state index contributed by atoms with van der Waals surface area (Å²) in [5, 5.41) is 7.13. The molecule has 1 heterocycles. The highest BCUT2D eigenvalue weighted by Crippen LogP contribution is 2.35. The molecule has 3 N–H and O–H groups in total. The van der Waals surface area contributed by atoms with Crippen LogP contribution in [0.4, 0.5) is 0 Å². The van der Waals surface area contributed by atoms with E-state index in [9.17, 15) is 0 Å². The van der Waals surface area contributed by atoms with Gasteiger partial charge in [-0.2, -0.15) is 5.53 Å². The minimum absolute atomic E-state index is 0.0788. The molecule has 0 atom stereocenters. The van der Waals surface area contributed by atoms with Crippen molar-refractivity contribution in [3.05, 3.63) is 46.9 Å². The summed E-state index contributed by atoms with van der Waals surface area (Å²) in [4.78, 5) is 8.27. The van der Waals surface area contributed by atoms with E-state index in [-0.39, 0.29) is 5.84 Å². The molecule has 2 aromatic rings. The van der Waals surface area contributed by atoms with E-state index < -0.39 is 0 Å². The van der Waals surface area contributed by atoms with Gasteiger partial charge < -0.3 is 5.73 Å². The molecule has 0 amide bonds. The molecule has 0 bridgehead atoms. The van der Waals surface area contributed by atoms with Gasteiger partial charge in [-0.25, -0.2) is 9.97 Å². The van der Waals surface area contributed by atoms with Crippen LogP contribution in [-0.2, 0) is 6.42 Å². The van der Waals surface area contributed by atoms with E-state index in [1.165, 1.54) is 24.7 Å². The van der Waals surface area contributed by atoms with Gasteiger partial charge in [0.15, 0.2) is 5.84 Å². The highest BCUT2D eigenvalue weighted by molar-refractivity contribution is 6.31. The number of rotatable bonds is 5. The van der Waals surface area contributed by atoms with Gasteiger partial charge in [0.2, 0.25) is 0 Å². The Bertz CT molecular complexity index is 739. The number of hydrogen-bond acceptors (Lipinski definition) is 4. The lowest BCUT2D eigenvalue weighted by molar-refractivity contribution is 0.833. The molecule has 1 aromatic heterocycles. The van der Waals surface area contributed by atoms with Crippen molar-refractivity contribution in [1.29, 1.82) is 5.53 Å². The van der Waals surface area contributed by atoms with E-state index in [4.69, 9.17) is 22.9 Å². The third-order valence-corrected chi connectivity index (χ3v) is 3.99. The van der Waals surface area contributed by atoms with Gasteiger partial charge in [0, 0.05) is 10.6 Å². The molecule has 0 radical (unpaired) electrons. The molecule has 1 fully saturated rings. The predicted molar refractivity (Wildman–Crippen MR) is 84.8 cm³/mol. The van der Waals surface area contributed by atoms with E-state index in [1.807, 2.05) is 18.2 Å². The van der Waals surface area contributed by atoms with Crippen molar-refractivity contribution in [3.63, 3.8) is 0 Å². The minimum atomic E-state index is 0.0788. The highest BCUT2D eigenvalue weighted by atomic mass is 35.5. The molecule has 1 aliphatic carbocycles. The monoisotopic (exact) mass is 314 g/mol. The molecule has 0 aliphatic heterocycles. The van der Waals surface area contributed by atoms with Gasteiger partial charge >= 0.3 is 0 Å². The molecule has 22 heavy (non-hydrogen) atoms. The van der Waals surface area contributed by atoms with E-state index in [1.54, 1.807) is 6.07 Å². The van der Waals surface area contributed by atoms with Crippen molar-refractivity contribution in [3.8, 4) is 11.3 Å². The Hall–Kier alpha value is -2.34. The van der Waals surface area contributed by atoms with Crippen LogP contribution in [0.1, 0.15) is 24.1 Å². The van der Waals surface area contributed by atoms with Crippen molar-refractivity contribution >= 4 is 17.4 Å². The number of benzene rings is 1. The van der Waals surface area contributed by atoms with Crippen LogP contribution in [0.25, 0.3) is 11.3 Å². The largest absolute Gasteiger partial charge is 0.380 e. The fourth-order valence-corrected chi connectivity index (χ4v) is 2.52. The van der Waals surface area contributed by atoms with Gasteiger partial charge in [-0.1, -0.05) is 29.0 Å². The molecule has 112 valence electrons. The lowest BCUT2D eigenvalue weighted by atomic mass is 10.0. The molecular formula is C15H15ClN6. The second-order valence-corrected chi connectivity index (χ2v) is 5.73. The lowest BCUT2D eigenvalue weighted by Gasteiger charge is -2.07. The Morgan fingerprint density at radius 2 is 2.14 bits per heavy atom. The third kappa shape index (κ3) is 3.28. The molecule has 0 saturated heterocycles. The average molecular weight is 315 g/mol. The predicted octanol–water partition coefficient (Wildman–Crippen LogP) is 3.40. The third-order valence-electron chi connectivity index (χ3n) is 3.64. The second-order valence-electron chi connectivity index (χ2n) is 5.33. The summed E-state index contributed by atoms with van der Waals surface area (Å²) >= 11 is 6.37. The van der Waals surface area contributed by atoms with Crippen LogP contribution in [0.2, 0.25) is 5.02 Å². The topological polar surface area (TPSA) is 100 Å². The summed E-state index contributed by atoms with van der Waals surface area (Å²) < 4.78 is 0. The fourth-order valence-electron chi connectivity index (χ4n) is 2.27. The molecule has 1 aromatic carbocycles. The van der Waals surface area contributed by atoms with E-state index in [0.29, 0.717) is 11.4 Å². The Morgan fingerprint density at radius 3 is 2.82 bits per heavy atom. The van der Waals surface area contributed by atoms with Gasteiger partial charge in [0.05, 0.1) is 5.69 Å². The van der Waals surface area contributed by atoms with Crippen molar-refractivity contribution < 1.29 is 0 Å². The molecule has 3 rings (SSSR count). The van der Waals surface area contributed by atoms with Crippen LogP contribution >= 0.6 is 11.6 Å². The molecule has 0 unspecified atom stereocenters. The highest BCUT2D eigenvalue weighted by Gasteiger charge is 2.22. The van der Waals surface area contributed by atoms with Crippen molar-refractivity contribution in [2.75, 3.05) is 0 Å². The van der Waals surface area contributed by atoms with Gasteiger partial charge in [-0.15, -0.1) is 5.10 Å². The van der Waals surface area contributed by atoms with Gasteiger partial charge in [-0.3, -0.25) is 0 Å². The first kappa shape index (κ1) is 14.6. The SMILES string of the molecule is N=NN=C(N)c1cc(-c2ccc(CC3CC3)c(Cl)c2)ncn1. The first-order chi connectivity index (χ1) is 10.7. The van der Waals surface area contributed by atoms with Crippen LogP contribution in [-0.4, -0.2) is 15.8 Å². The number of hydrogen-bond donors (Lipinski definition) is 2. The molecule has 6 nitrogen and oxygen atoms in total. The summed E-state index contributed by atoms with van der Waals surface area (Å²) in [6.07, 6.45) is 5.04. The summed E-state index contributed by atoms with van der Waals surface area (Å²) in [5.74, 6) is 0.869. The number of aromatic nitrogens is 2.